The summed E-state index contributed by atoms with van der Waals surface area (Å²) in [6.07, 6.45) is 2.52. The number of aromatic nitrogens is 4. The van der Waals surface area contributed by atoms with Gasteiger partial charge in [0.1, 0.15) is 0 Å². The molecule has 0 atom stereocenters. The van der Waals surface area contributed by atoms with Crippen molar-refractivity contribution in [1.82, 2.24) is 20.2 Å². The van der Waals surface area contributed by atoms with Gasteiger partial charge in [-0.1, -0.05) is 6.92 Å². The number of nitrogens with two attached hydrogens (primary N) is 1. The van der Waals surface area contributed by atoms with Crippen molar-refractivity contribution in [1.29, 1.82) is 0 Å². The summed E-state index contributed by atoms with van der Waals surface area (Å²) >= 11 is 0. The lowest BCUT2D eigenvalue weighted by Gasteiger charge is -2.09. The van der Waals surface area contributed by atoms with Crippen LogP contribution in [0.1, 0.15) is 19.8 Å². The molecule has 0 aliphatic heterocycles. The number of anilines is 1. The van der Waals surface area contributed by atoms with Crippen LogP contribution < -0.4 is 5.73 Å². The maximum atomic E-state index is 5.67. The molecule has 5 nitrogen and oxygen atoms in total. The monoisotopic (exact) mass is 229 g/mol. The van der Waals surface area contributed by atoms with Crippen LogP contribution >= 0.6 is 0 Å². The third-order valence-corrected chi connectivity index (χ3v) is 3.34. The summed E-state index contributed by atoms with van der Waals surface area (Å²) in [5.74, 6) is 0.818. The minimum Gasteiger partial charge on any atom is -0.399 e. The van der Waals surface area contributed by atoms with Crippen LogP contribution in [-0.2, 0) is 6.54 Å². The third kappa shape index (κ3) is 2.00. The first-order valence-electron chi connectivity index (χ1n) is 5.78. The van der Waals surface area contributed by atoms with Gasteiger partial charge in [-0.3, -0.25) is 0 Å². The minimum atomic E-state index is 0.387. The molecule has 1 aliphatic rings. The van der Waals surface area contributed by atoms with E-state index in [9.17, 15) is 0 Å². The van der Waals surface area contributed by atoms with Gasteiger partial charge >= 0.3 is 0 Å². The molecule has 1 saturated carbocycles. The van der Waals surface area contributed by atoms with E-state index in [0.717, 1.165) is 23.6 Å². The topological polar surface area (TPSA) is 69.6 Å². The van der Waals surface area contributed by atoms with Gasteiger partial charge in [-0.2, -0.15) is 0 Å². The van der Waals surface area contributed by atoms with Crippen molar-refractivity contribution >= 4 is 5.69 Å². The summed E-state index contributed by atoms with van der Waals surface area (Å²) < 4.78 is 1.89. The van der Waals surface area contributed by atoms with E-state index in [1.807, 2.05) is 28.9 Å². The molecule has 2 N–H and O–H groups in total. The molecule has 1 fully saturated rings. The van der Waals surface area contributed by atoms with Gasteiger partial charge in [-0.15, -0.1) is 5.10 Å². The molecule has 0 radical (unpaired) electrons. The Morgan fingerprint density at radius 1 is 1.29 bits per heavy atom. The van der Waals surface area contributed by atoms with Gasteiger partial charge in [0, 0.05) is 11.3 Å². The van der Waals surface area contributed by atoms with Gasteiger partial charge in [0.05, 0.1) is 6.54 Å². The number of benzene rings is 1. The Hall–Kier alpha value is -1.91. The molecule has 0 spiro atoms. The molecule has 0 unspecified atom stereocenters. The first-order chi connectivity index (χ1) is 8.16. The molecule has 5 heteroatoms. The second-order valence-electron chi connectivity index (χ2n) is 5.09. The van der Waals surface area contributed by atoms with E-state index in [2.05, 4.69) is 22.4 Å². The van der Waals surface area contributed by atoms with E-state index >= 15 is 0 Å². The number of tetrazole rings is 1. The third-order valence-electron chi connectivity index (χ3n) is 3.34. The summed E-state index contributed by atoms with van der Waals surface area (Å²) in [4.78, 5) is 0. The Bertz CT molecular complexity index is 524. The maximum Gasteiger partial charge on any atom is 0.182 e. The zero-order valence-corrected chi connectivity index (χ0v) is 9.80. The predicted molar refractivity (Wildman–Crippen MR) is 65.0 cm³/mol. The number of nitrogen functional groups attached to an aromatic ring is 1. The van der Waals surface area contributed by atoms with Crippen LogP contribution in [0.4, 0.5) is 5.69 Å². The quantitative estimate of drug-likeness (QED) is 0.813. The molecular formula is C12H15N5. The first-order valence-corrected chi connectivity index (χ1v) is 5.78. The fraction of sp³-hybridized carbons (Fsp3) is 0.417. The van der Waals surface area contributed by atoms with Crippen molar-refractivity contribution < 1.29 is 0 Å². The van der Waals surface area contributed by atoms with Crippen molar-refractivity contribution in [3.8, 4) is 11.4 Å². The van der Waals surface area contributed by atoms with E-state index in [1.54, 1.807) is 0 Å². The van der Waals surface area contributed by atoms with Gasteiger partial charge in [0.25, 0.3) is 0 Å². The highest BCUT2D eigenvalue weighted by atomic mass is 15.5. The van der Waals surface area contributed by atoms with Crippen molar-refractivity contribution in [3.63, 3.8) is 0 Å². The van der Waals surface area contributed by atoms with Crippen molar-refractivity contribution in [2.45, 2.75) is 26.3 Å². The molecule has 3 rings (SSSR count). The lowest BCUT2D eigenvalue weighted by molar-refractivity contribution is 0.427. The summed E-state index contributed by atoms with van der Waals surface area (Å²) in [6.45, 7) is 3.15. The fourth-order valence-electron chi connectivity index (χ4n) is 1.88. The molecule has 88 valence electrons. The maximum absolute atomic E-state index is 5.67. The molecule has 1 heterocycles. The highest BCUT2D eigenvalue weighted by molar-refractivity contribution is 5.58. The van der Waals surface area contributed by atoms with Crippen LogP contribution in [0.2, 0.25) is 0 Å². The second kappa shape index (κ2) is 3.55. The zero-order valence-electron chi connectivity index (χ0n) is 9.80. The Balaban J connectivity index is 1.92. The molecule has 1 aromatic heterocycles. The molecule has 17 heavy (non-hydrogen) atoms. The lowest BCUT2D eigenvalue weighted by atomic mass is 10.1. The largest absolute Gasteiger partial charge is 0.399 e. The Labute approximate surface area is 99.6 Å². The van der Waals surface area contributed by atoms with Gasteiger partial charge in [0.15, 0.2) is 5.82 Å². The van der Waals surface area contributed by atoms with Crippen molar-refractivity contribution in [2.75, 3.05) is 5.73 Å². The van der Waals surface area contributed by atoms with Gasteiger partial charge in [-0.25, -0.2) is 4.68 Å². The molecule has 1 aromatic carbocycles. The second-order valence-corrected chi connectivity index (χ2v) is 5.09. The van der Waals surface area contributed by atoms with Gasteiger partial charge < -0.3 is 5.73 Å². The first kappa shape index (κ1) is 10.3. The lowest BCUT2D eigenvalue weighted by Crippen LogP contribution is -2.11. The molecule has 0 bridgehead atoms. The van der Waals surface area contributed by atoms with E-state index in [-0.39, 0.29) is 0 Å². The van der Waals surface area contributed by atoms with Crippen LogP contribution in [0.25, 0.3) is 11.4 Å². The summed E-state index contributed by atoms with van der Waals surface area (Å²) in [5, 5.41) is 11.9. The van der Waals surface area contributed by atoms with E-state index < -0.39 is 0 Å². The van der Waals surface area contributed by atoms with Crippen LogP contribution in [-0.4, -0.2) is 20.2 Å². The number of rotatable bonds is 3. The molecule has 0 amide bonds. The SMILES string of the molecule is CC1(Cn2nnnc2-c2ccc(N)cc2)CC1. The highest BCUT2D eigenvalue weighted by Crippen LogP contribution is 2.46. The van der Waals surface area contributed by atoms with E-state index in [1.165, 1.54) is 12.8 Å². The Morgan fingerprint density at radius 2 is 2.00 bits per heavy atom. The van der Waals surface area contributed by atoms with Crippen LogP contribution in [0.3, 0.4) is 0 Å². The summed E-state index contributed by atoms with van der Waals surface area (Å²) in [5.41, 5.74) is 7.82. The van der Waals surface area contributed by atoms with Crippen LogP contribution in [0, 0.1) is 5.41 Å². The molecular weight excluding hydrogens is 214 g/mol. The smallest absolute Gasteiger partial charge is 0.182 e. The van der Waals surface area contributed by atoms with Crippen LogP contribution in [0.15, 0.2) is 24.3 Å². The van der Waals surface area contributed by atoms with Gasteiger partial charge in [0.2, 0.25) is 0 Å². The zero-order chi connectivity index (χ0) is 11.9. The van der Waals surface area contributed by atoms with Crippen molar-refractivity contribution in [3.05, 3.63) is 24.3 Å². The number of hydrogen-bond donors (Lipinski definition) is 1. The fourth-order valence-corrected chi connectivity index (χ4v) is 1.88. The predicted octanol–water partition coefficient (Wildman–Crippen LogP) is 1.72. The average Bonchev–Trinajstić information content (AvgIpc) is 2.86. The number of nitrogens with zero attached hydrogens (tertiary/aromatic N) is 4. The average molecular weight is 229 g/mol. The molecule has 2 aromatic rings. The Kier molecular flexibility index (Phi) is 2.14. The summed E-state index contributed by atoms with van der Waals surface area (Å²) in [7, 11) is 0. The van der Waals surface area contributed by atoms with Crippen LogP contribution in [0.5, 0.6) is 0 Å². The minimum absolute atomic E-state index is 0.387. The van der Waals surface area contributed by atoms with Gasteiger partial charge in [-0.05, 0) is 52.9 Å². The standard InChI is InChI=1S/C12H15N5/c1-12(6-7-12)8-17-11(14-15-16-17)9-2-4-10(13)5-3-9/h2-5H,6-8,13H2,1H3. The Morgan fingerprint density at radius 3 is 2.65 bits per heavy atom. The molecule has 0 saturated heterocycles. The normalized spacial score (nSPS) is 17.0. The summed E-state index contributed by atoms with van der Waals surface area (Å²) in [6, 6.07) is 7.64. The highest BCUT2D eigenvalue weighted by Gasteiger charge is 2.38. The number of hydrogen-bond acceptors (Lipinski definition) is 4. The van der Waals surface area contributed by atoms with E-state index in [0.29, 0.717) is 5.41 Å². The van der Waals surface area contributed by atoms with Crippen molar-refractivity contribution in [2.24, 2.45) is 5.41 Å². The van der Waals surface area contributed by atoms with E-state index in [4.69, 9.17) is 5.73 Å². The molecule has 1 aliphatic carbocycles.